The third-order valence-corrected chi connectivity index (χ3v) is 4.94. The zero-order valence-corrected chi connectivity index (χ0v) is 15.3. The largest absolute Gasteiger partial charge is 0.466 e. The standard InChI is InChI=1S/C21H22N4O2/c1-2-27-21(26)16-9-13-25(14-10-16)20-17-5-3-4-6-18(17)23-19(24-20)15-7-11-22-12-8-15/h3-8,11-12,16H,2,9-10,13-14H2,1H3. The van der Waals surface area contributed by atoms with E-state index in [2.05, 4.69) is 16.0 Å². The molecule has 3 heterocycles. The van der Waals surface area contributed by atoms with Gasteiger partial charge in [-0.25, -0.2) is 9.97 Å². The Bertz CT molecular complexity index is 937. The van der Waals surface area contributed by atoms with Gasteiger partial charge in [-0.3, -0.25) is 9.78 Å². The number of nitrogens with zero attached hydrogens (tertiary/aromatic N) is 4. The number of carbonyl (C=O) groups is 1. The molecule has 0 spiro atoms. The molecule has 0 atom stereocenters. The minimum atomic E-state index is -0.0813. The van der Waals surface area contributed by atoms with E-state index in [0.29, 0.717) is 12.4 Å². The molecule has 0 bridgehead atoms. The van der Waals surface area contributed by atoms with Gasteiger partial charge in [0.05, 0.1) is 18.0 Å². The molecule has 3 aromatic rings. The lowest BCUT2D eigenvalue weighted by molar-refractivity contribution is -0.148. The van der Waals surface area contributed by atoms with Gasteiger partial charge in [-0.05, 0) is 44.0 Å². The number of fused-ring (bicyclic) bond motifs is 1. The molecule has 0 radical (unpaired) electrons. The number of para-hydroxylation sites is 1. The van der Waals surface area contributed by atoms with Gasteiger partial charge in [0, 0.05) is 36.4 Å². The predicted molar refractivity (Wildman–Crippen MR) is 104 cm³/mol. The minimum absolute atomic E-state index is 0.0195. The van der Waals surface area contributed by atoms with Crippen LogP contribution in [0.25, 0.3) is 22.3 Å². The first kappa shape index (κ1) is 17.4. The molecule has 138 valence electrons. The predicted octanol–water partition coefficient (Wildman–Crippen LogP) is 3.47. The molecule has 1 aromatic carbocycles. The van der Waals surface area contributed by atoms with Crippen molar-refractivity contribution in [1.82, 2.24) is 15.0 Å². The SMILES string of the molecule is CCOC(=O)C1CCN(c2nc(-c3ccncc3)nc3ccccc23)CC1. The number of pyridine rings is 1. The Morgan fingerprint density at radius 2 is 1.85 bits per heavy atom. The van der Waals surface area contributed by atoms with Crippen molar-refractivity contribution in [2.45, 2.75) is 19.8 Å². The van der Waals surface area contributed by atoms with E-state index in [-0.39, 0.29) is 11.9 Å². The molecular weight excluding hydrogens is 340 g/mol. The van der Waals surface area contributed by atoms with Crippen molar-refractivity contribution in [3.63, 3.8) is 0 Å². The van der Waals surface area contributed by atoms with Crippen molar-refractivity contribution in [1.29, 1.82) is 0 Å². The van der Waals surface area contributed by atoms with E-state index in [1.54, 1.807) is 12.4 Å². The van der Waals surface area contributed by atoms with Gasteiger partial charge in [0.25, 0.3) is 0 Å². The average Bonchev–Trinajstić information content (AvgIpc) is 2.74. The van der Waals surface area contributed by atoms with Gasteiger partial charge < -0.3 is 9.64 Å². The van der Waals surface area contributed by atoms with E-state index < -0.39 is 0 Å². The van der Waals surface area contributed by atoms with Crippen LogP contribution in [0.2, 0.25) is 0 Å². The Morgan fingerprint density at radius 1 is 1.11 bits per heavy atom. The van der Waals surface area contributed by atoms with Crippen LogP contribution in [0.4, 0.5) is 5.82 Å². The molecule has 2 aromatic heterocycles. The first-order chi connectivity index (χ1) is 13.3. The molecule has 0 saturated carbocycles. The van der Waals surface area contributed by atoms with Crippen LogP contribution in [0, 0.1) is 5.92 Å². The van der Waals surface area contributed by atoms with Gasteiger partial charge in [0.15, 0.2) is 5.82 Å². The maximum Gasteiger partial charge on any atom is 0.309 e. The van der Waals surface area contributed by atoms with Gasteiger partial charge >= 0.3 is 5.97 Å². The number of piperidine rings is 1. The Morgan fingerprint density at radius 3 is 2.59 bits per heavy atom. The molecule has 4 rings (SSSR count). The second-order valence-electron chi connectivity index (χ2n) is 6.64. The average molecular weight is 362 g/mol. The quantitative estimate of drug-likeness (QED) is 0.662. The molecule has 0 unspecified atom stereocenters. The van der Waals surface area contributed by atoms with Gasteiger partial charge in [-0.2, -0.15) is 0 Å². The summed E-state index contributed by atoms with van der Waals surface area (Å²) >= 11 is 0. The summed E-state index contributed by atoms with van der Waals surface area (Å²) in [7, 11) is 0. The van der Waals surface area contributed by atoms with Crippen molar-refractivity contribution in [3.8, 4) is 11.4 Å². The number of aromatic nitrogens is 3. The van der Waals surface area contributed by atoms with Crippen LogP contribution >= 0.6 is 0 Å². The Labute approximate surface area is 158 Å². The molecule has 1 aliphatic rings. The number of rotatable bonds is 4. The maximum absolute atomic E-state index is 12.0. The summed E-state index contributed by atoms with van der Waals surface area (Å²) in [6, 6.07) is 11.9. The highest BCUT2D eigenvalue weighted by molar-refractivity contribution is 5.91. The minimum Gasteiger partial charge on any atom is -0.466 e. The number of esters is 1. The van der Waals surface area contributed by atoms with Crippen LogP contribution in [-0.2, 0) is 9.53 Å². The number of hydrogen-bond acceptors (Lipinski definition) is 6. The first-order valence-corrected chi connectivity index (χ1v) is 9.35. The van der Waals surface area contributed by atoms with Crippen LogP contribution in [-0.4, -0.2) is 40.6 Å². The van der Waals surface area contributed by atoms with Gasteiger partial charge in [0.1, 0.15) is 5.82 Å². The lowest BCUT2D eigenvalue weighted by atomic mass is 9.97. The topological polar surface area (TPSA) is 68.2 Å². The summed E-state index contributed by atoms with van der Waals surface area (Å²) in [5.74, 6) is 1.52. The van der Waals surface area contributed by atoms with Crippen molar-refractivity contribution in [2.24, 2.45) is 5.92 Å². The van der Waals surface area contributed by atoms with Crippen molar-refractivity contribution in [3.05, 3.63) is 48.8 Å². The van der Waals surface area contributed by atoms with E-state index in [4.69, 9.17) is 14.7 Å². The molecule has 0 amide bonds. The highest BCUT2D eigenvalue weighted by Gasteiger charge is 2.27. The zero-order chi connectivity index (χ0) is 18.6. The Hall–Kier alpha value is -3.02. The van der Waals surface area contributed by atoms with Crippen molar-refractivity contribution in [2.75, 3.05) is 24.6 Å². The Kier molecular flexibility index (Phi) is 4.96. The molecule has 0 N–H and O–H groups in total. The van der Waals surface area contributed by atoms with Crippen molar-refractivity contribution < 1.29 is 9.53 Å². The second kappa shape index (κ2) is 7.70. The molecular formula is C21H22N4O2. The number of carbonyl (C=O) groups excluding carboxylic acids is 1. The number of hydrogen-bond donors (Lipinski definition) is 0. The fourth-order valence-corrected chi connectivity index (χ4v) is 3.52. The summed E-state index contributed by atoms with van der Waals surface area (Å²) in [6.45, 7) is 3.84. The zero-order valence-electron chi connectivity index (χ0n) is 15.3. The Balaban J connectivity index is 1.66. The number of anilines is 1. The third kappa shape index (κ3) is 3.60. The molecule has 0 aliphatic carbocycles. The summed E-state index contributed by atoms with van der Waals surface area (Å²) in [5, 5.41) is 1.03. The lowest BCUT2D eigenvalue weighted by Gasteiger charge is -2.32. The van der Waals surface area contributed by atoms with Crippen LogP contribution in [0.5, 0.6) is 0 Å². The van der Waals surface area contributed by atoms with Crippen LogP contribution in [0.15, 0.2) is 48.8 Å². The molecule has 1 fully saturated rings. The fraction of sp³-hybridized carbons (Fsp3) is 0.333. The highest BCUT2D eigenvalue weighted by atomic mass is 16.5. The normalized spacial score (nSPS) is 15.1. The van der Waals surface area contributed by atoms with Gasteiger partial charge in [-0.15, -0.1) is 0 Å². The van der Waals surface area contributed by atoms with Crippen LogP contribution < -0.4 is 4.90 Å². The van der Waals surface area contributed by atoms with Crippen molar-refractivity contribution >= 4 is 22.7 Å². The highest BCUT2D eigenvalue weighted by Crippen LogP contribution is 2.30. The summed E-state index contributed by atoms with van der Waals surface area (Å²) in [6.07, 6.45) is 5.06. The molecule has 1 saturated heterocycles. The van der Waals surface area contributed by atoms with E-state index in [1.807, 2.05) is 37.3 Å². The number of benzene rings is 1. The monoisotopic (exact) mass is 362 g/mol. The van der Waals surface area contributed by atoms with E-state index >= 15 is 0 Å². The lowest BCUT2D eigenvalue weighted by Crippen LogP contribution is -2.37. The summed E-state index contributed by atoms with van der Waals surface area (Å²) < 4.78 is 5.18. The molecule has 27 heavy (non-hydrogen) atoms. The third-order valence-electron chi connectivity index (χ3n) is 4.94. The van der Waals surface area contributed by atoms with Gasteiger partial charge in [0.2, 0.25) is 0 Å². The maximum atomic E-state index is 12.0. The van der Waals surface area contributed by atoms with E-state index in [1.165, 1.54) is 0 Å². The number of ether oxygens (including phenoxy) is 1. The fourth-order valence-electron chi connectivity index (χ4n) is 3.52. The first-order valence-electron chi connectivity index (χ1n) is 9.35. The van der Waals surface area contributed by atoms with E-state index in [0.717, 1.165) is 48.2 Å². The molecule has 6 heteroatoms. The smallest absolute Gasteiger partial charge is 0.309 e. The summed E-state index contributed by atoms with van der Waals surface area (Å²) in [5.41, 5.74) is 1.86. The summed E-state index contributed by atoms with van der Waals surface area (Å²) in [4.78, 5) is 28.0. The van der Waals surface area contributed by atoms with Crippen LogP contribution in [0.1, 0.15) is 19.8 Å². The van der Waals surface area contributed by atoms with Gasteiger partial charge in [-0.1, -0.05) is 12.1 Å². The molecule has 6 nitrogen and oxygen atoms in total. The molecule has 1 aliphatic heterocycles. The van der Waals surface area contributed by atoms with Crippen LogP contribution in [0.3, 0.4) is 0 Å². The van der Waals surface area contributed by atoms with E-state index in [9.17, 15) is 4.79 Å². The second-order valence-corrected chi connectivity index (χ2v) is 6.64.